The van der Waals surface area contributed by atoms with Crippen molar-refractivity contribution in [2.75, 3.05) is 5.32 Å². The zero-order valence-corrected chi connectivity index (χ0v) is 16.0. The number of non-ortho nitro benzene ring substituents is 1. The molecular formula is C18H14Cl2N4O4. The number of nitrogens with one attached hydrogen (secondary N) is 3. The molecule has 0 aliphatic carbocycles. The van der Waals surface area contributed by atoms with Gasteiger partial charge in [-0.2, -0.15) is 0 Å². The number of nitro groups is 1. The fraction of sp³-hybridized carbons (Fsp3) is 0.111. The first-order chi connectivity index (χ1) is 13.3. The van der Waals surface area contributed by atoms with Gasteiger partial charge < -0.3 is 16.0 Å². The van der Waals surface area contributed by atoms with E-state index in [0.717, 1.165) is 0 Å². The van der Waals surface area contributed by atoms with Gasteiger partial charge in [-0.05, 0) is 36.8 Å². The zero-order valence-electron chi connectivity index (χ0n) is 14.5. The lowest BCUT2D eigenvalue weighted by Crippen LogP contribution is -2.45. The summed E-state index contributed by atoms with van der Waals surface area (Å²) in [5.74, 6) is -0.477. The Hall–Kier alpha value is -3.10. The van der Waals surface area contributed by atoms with Crippen LogP contribution in [0.1, 0.15) is 18.5 Å². The molecule has 2 aromatic rings. The summed E-state index contributed by atoms with van der Waals surface area (Å²) in [7, 11) is 0. The Balaban J connectivity index is 1.92. The molecular weight excluding hydrogens is 407 g/mol. The van der Waals surface area contributed by atoms with Crippen molar-refractivity contribution in [1.82, 2.24) is 10.6 Å². The van der Waals surface area contributed by atoms with E-state index in [1.54, 1.807) is 25.1 Å². The number of carbonyl (C=O) groups excluding carboxylic acids is 2. The first kappa shape index (κ1) is 19.7. The monoisotopic (exact) mass is 420 g/mol. The maximum atomic E-state index is 12.9. The van der Waals surface area contributed by atoms with Gasteiger partial charge in [-0.25, -0.2) is 4.79 Å². The first-order valence-corrected chi connectivity index (χ1v) is 8.81. The van der Waals surface area contributed by atoms with Crippen LogP contribution in [0.3, 0.4) is 0 Å². The Morgan fingerprint density at radius 1 is 1.14 bits per heavy atom. The molecule has 0 unspecified atom stereocenters. The molecule has 3 amide bonds. The molecule has 2 aromatic carbocycles. The first-order valence-electron chi connectivity index (χ1n) is 8.05. The highest BCUT2D eigenvalue weighted by molar-refractivity contribution is 6.42. The third-order valence-corrected chi connectivity index (χ3v) is 4.87. The van der Waals surface area contributed by atoms with Gasteiger partial charge in [-0.1, -0.05) is 29.3 Å². The summed E-state index contributed by atoms with van der Waals surface area (Å²) in [6.07, 6.45) is 0. The number of nitrogens with zero attached hydrogens (tertiary/aromatic N) is 1. The number of nitro benzene ring substituents is 1. The minimum Gasteiger partial charge on any atom is -0.327 e. The number of anilines is 1. The van der Waals surface area contributed by atoms with E-state index in [-0.39, 0.29) is 11.3 Å². The number of urea groups is 1. The van der Waals surface area contributed by atoms with E-state index >= 15 is 0 Å². The van der Waals surface area contributed by atoms with Crippen molar-refractivity contribution in [2.24, 2.45) is 0 Å². The smallest absolute Gasteiger partial charge is 0.319 e. The second-order valence-corrected chi connectivity index (χ2v) is 6.82. The van der Waals surface area contributed by atoms with E-state index in [2.05, 4.69) is 16.0 Å². The molecule has 0 radical (unpaired) electrons. The summed E-state index contributed by atoms with van der Waals surface area (Å²) in [5, 5.41) is 19.3. The van der Waals surface area contributed by atoms with Gasteiger partial charge in [0, 0.05) is 23.5 Å². The van der Waals surface area contributed by atoms with Gasteiger partial charge in [0.2, 0.25) is 0 Å². The molecule has 0 spiro atoms. The quantitative estimate of drug-likeness (QED) is 0.508. The number of carbonyl (C=O) groups is 2. The molecule has 0 saturated heterocycles. The standard InChI is InChI=1S/C18H14Cl2N4O4/c1-9-15(17(25)22-11-3-5-12(6-4-11)24(27)28)16(23-18(26)21-9)10-2-7-13(19)14(20)8-10/h2-8,16H,1H3,(H,22,25)(H2,21,23,26)/t16-/m0/s1. The maximum absolute atomic E-state index is 12.9. The van der Waals surface area contributed by atoms with E-state index in [1.807, 2.05) is 0 Å². The SMILES string of the molecule is CC1=C(C(=O)Nc2ccc([N+](=O)[O-])cc2)[C@H](c2ccc(Cl)c(Cl)c2)NC(=O)N1. The van der Waals surface area contributed by atoms with E-state index in [0.29, 0.717) is 27.0 Å². The molecule has 10 heteroatoms. The fourth-order valence-electron chi connectivity index (χ4n) is 2.80. The number of rotatable bonds is 4. The zero-order chi connectivity index (χ0) is 20.4. The molecule has 0 bridgehead atoms. The average molecular weight is 421 g/mol. The topological polar surface area (TPSA) is 113 Å². The van der Waals surface area contributed by atoms with E-state index in [4.69, 9.17) is 23.2 Å². The Morgan fingerprint density at radius 3 is 2.43 bits per heavy atom. The highest BCUT2D eigenvalue weighted by atomic mass is 35.5. The molecule has 0 fully saturated rings. The molecule has 0 saturated carbocycles. The van der Waals surface area contributed by atoms with Crippen molar-refractivity contribution in [3.05, 3.63) is 79.5 Å². The Kier molecular flexibility index (Phi) is 5.53. The summed E-state index contributed by atoms with van der Waals surface area (Å²) in [6, 6.07) is 9.03. The van der Waals surface area contributed by atoms with Crippen LogP contribution in [0.15, 0.2) is 53.7 Å². The minimum absolute atomic E-state index is 0.0892. The summed E-state index contributed by atoms with van der Waals surface area (Å²) in [6.45, 7) is 1.61. The summed E-state index contributed by atoms with van der Waals surface area (Å²) in [4.78, 5) is 35.0. The number of amides is 3. The molecule has 3 rings (SSSR count). The van der Waals surface area contributed by atoms with Crippen LogP contribution in [0.4, 0.5) is 16.2 Å². The van der Waals surface area contributed by atoms with Crippen molar-refractivity contribution in [1.29, 1.82) is 0 Å². The molecule has 0 aromatic heterocycles. The van der Waals surface area contributed by atoms with Gasteiger partial charge in [-0.15, -0.1) is 0 Å². The third kappa shape index (κ3) is 4.08. The molecule has 8 nitrogen and oxygen atoms in total. The Morgan fingerprint density at radius 2 is 1.82 bits per heavy atom. The van der Waals surface area contributed by atoms with Gasteiger partial charge in [-0.3, -0.25) is 14.9 Å². The third-order valence-electron chi connectivity index (χ3n) is 4.13. The normalized spacial score (nSPS) is 16.2. The predicted octanol–water partition coefficient (Wildman–Crippen LogP) is 4.17. The van der Waals surface area contributed by atoms with Crippen molar-refractivity contribution in [2.45, 2.75) is 13.0 Å². The minimum atomic E-state index is -0.749. The van der Waals surface area contributed by atoms with E-state index in [1.165, 1.54) is 24.3 Å². The lowest BCUT2D eigenvalue weighted by Gasteiger charge is -2.28. The highest BCUT2D eigenvalue weighted by Crippen LogP contribution is 2.32. The maximum Gasteiger partial charge on any atom is 0.319 e. The van der Waals surface area contributed by atoms with E-state index < -0.39 is 22.9 Å². The van der Waals surface area contributed by atoms with Crippen LogP contribution >= 0.6 is 23.2 Å². The van der Waals surface area contributed by atoms with Crippen molar-refractivity contribution < 1.29 is 14.5 Å². The fourth-order valence-corrected chi connectivity index (χ4v) is 3.11. The molecule has 1 aliphatic heterocycles. The van der Waals surface area contributed by atoms with Crippen LogP contribution < -0.4 is 16.0 Å². The molecule has 1 heterocycles. The Labute approximate surface area is 169 Å². The summed E-state index contributed by atoms with van der Waals surface area (Å²) >= 11 is 12.0. The summed E-state index contributed by atoms with van der Waals surface area (Å²) < 4.78 is 0. The molecule has 28 heavy (non-hydrogen) atoms. The van der Waals surface area contributed by atoms with Crippen LogP contribution in [0.2, 0.25) is 10.0 Å². The predicted molar refractivity (Wildman–Crippen MR) is 105 cm³/mol. The lowest BCUT2D eigenvalue weighted by atomic mass is 9.95. The largest absolute Gasteiger partial charge is 0.327 e. The lowest BCUT2D eigenvalue weighted by molar-refractivity contribution is -0.384. The van der Waals surface area contributed by atoms with Crippen LogP contribution in [0.5, 0.6) is 0 Å². The summed E-state index contributed by atoms with van der Waals surface area (Å²) in [5.41, 5.74) is 1.52. The van der Waals surface area contributed by atoms with E-state index in [9.17, 15) is 19.7 Å². The van der Waals surface area contributed by atoms with Crippen molar-refractivity contribution in [3.8, 4) is 0 Å². The number of benzene rings is 2. The molecule has 1 atom stereocenters. The number of hydrogen-bond acceptors (Lipinski definition) is 4. The van der Waals surface area contributed by atoms with Gasteiger partial charge in [0.25, 0.3) is 11.6 Å². The van der Waals surface area contributed by atoms with Gasteiger partial charge in [0.1, 0.15) is 0 Å². The van der Waals surface area contributed by atoms with Crippen molar-refractivity contribution in [3.63, 3.8) is 0 Å². The highest BCUT2D eigenvalue weighted by Gasteiger charge is 2.31. The number of halogens is 2. The molecule has 3 N–H and O–H groups in total. The number of allylic oxidation sites excluding steroid dienone is 1. The average Bonchev–Trinajstić information content (AvgIpc) is 2.63. The second-order valence-electron chi connectivity index (χ2n) is 6.00. The Bertz CT molecular complexity index is 1010. The van der Waals surface area contributed by atoms with Crippen LogP contribution in [-0.2, 0) is 4.79 Å². The molecule has 1 aliphatic rings. The van der Waals surface area contributed by atoms with Crippen molar-refractivity contribution >= 4 is 46.5 Å². The van der Waals surface area contributed by atoms with Crippen LogP contribution in [0, 0.1) is 10.1 Å². The molecule has 144 valence electrons. The van der Waals surface area contributed by atoms with Gasteiger partial charge >= 0.3 is 6.03 Å². The number of hydrogen-bond donors (Lipinski definition) is 3. The second kappa shape index (κ2) is 7.87. The van der Waals surface area contributed by atoms with Gasteiger partial charge in [0.15, 0.2) is 0 Å². The van der Waals surface area contributed by atoms with Crippen LogP contribution in [-0.4, -0.2) is 16.9 Å². The van der Waals surface area contributed by atoms with Crippen LogP contribution in [0.25, 0.3) is 0 Å². The van der Waals surface area contributed by atoms with Gasteiger partial charge in [0.05, 0.1) is 26.6 Å².